The first-order chi connectivity index (χ1) is 8.55. The minimum Gasteiger partial charge on any atom is -0.481 e. The number of hydrogen-bond donors (Lipinski definition) is 1. The minimum atomic E-state index is -0.926. The van der Waals surface area contributed by atoms with Gasteiger partial charge in [-0.15, -0.1) is 0 Å². The first kappa shape index (κ1) is 13.8. The molecule has 1 aromatic rings. The molecular weight excluding hydrogens is 323 g/mol. The van der Waals surface area contributed by atoms with Gasteiger partial charge in [0.15, 0.2) is 0 Å². The number of aliphatic carboxylic acids is 1. The number of carboxylic acid groups (broad SMARTS) is 1. The van der Waals surface area contributed by atoms with Gasteiger partial charge in [0.2, 0.25) is 5.79 Å². The zero-order chi connectivity index (χ0) is 13.2. The molecule has 0 unspecified atom stereocenters. The van der Waals surface area contributed by atoms with Crippen molar-refractivity contribution in [2.45, 2.75) is 18.3 Å². The Labute approximate surface area is 118 Å². The maximum atomic E-state index is 10.7. The van der Waals surface area contributed by atoms with Crippen LogP contribution >= 0.6 is 27.5 Å². The molecule has 1 fully saturated rings. The fourth-order valence-electron chi connectivity index (χ4n) is 1.86. The number of hydrogen-bond acceptors (Lipinski definition) is 3. The molecule has 1 aliphatic heterocycles. The zero-order valence-corrected chi connectivity index (χ0v) is 11.8. The standard InChI is InChI=1S/C12H12BrClO4/c13-7-12(8-1-3-9(14)4-2-8)17-6-10(18-12)5-11(15)16/h1-4,10H,5-7H2,(H,15,16)/t10-,12+/m0/s1. The Bertz CT molecular complexity index is 436. The van der Waals surface area contributed by atoms with Crippen LogP contribution in [0.3, 0.4) is 0 Å². The lowest BCUT2D eigenvalue weighted by Gasteiger charge is -2.26. The number of rotatable bonds is 4. The highest BCUT2D eigenvalue weighted by Crippen LogP contribution is 2.37. The Balaban J connectivity index is 2.17. The summed E-state index contributed by atoms with van der Waals surface area (Å²) in [6.07, 6.45) is -0.502. The fourth-order valence-corrected chi connectivity index (χ4v) is 2.61. The van der Waals surface area contributed by atoms with Gasteiger partial charge in [-0.05, 0) is 12.1 Å². The van der Waals surface area contributed by atoms with E-state index in [1.165, 1.54) is 0 Å². The smallest absolute Gasteiger partial charge is 0.306 e. The van der Waals surface area contributed by atoms with Crippen molar-refractivity contribution in [2.24, 2.45) is 0 Å². The van der Waals surface area contributed by atoms with Crippen molar-refractivity contribution in [1.82, 2.24) is 0 Å². The van der Waals surface area contributed by atoms with Crippen LogP contribution in [0.5, 0.6) is 0 Å². The molecule has 1 aliphatic rings. The van der Waals surface area contributed by atoms with Crippen molar-refractivity contribution < 1.29 is 19.4 Å². The highest BCUT2D eigenvalue weighted by atomic mass is 79.9. The van der Waals surface area contributed by atoms with Crippen LogP contribution in [0.2, 0.25) is 5.02 Å². The summed E-state index contributed by atoms with van der Waals surface area (Å²) in [5.41, 5.74) is 0.816. The topological polar surface area (TPSA) is 55.8 Å². The minimum absolute atomic E-state index is 0.0671. The molecular formula is C12H12BrClO4. The second-order valence-corrected chi connectivity index (χ2v) is 5.04. The molecule has 0 amide bonds. The summed E-state index contributed by atoms with van der Waals surface area (Å²) >= 11 is 9.19. The lowest BCUT2D eigenvalue weighted by molar-refractivity contribution is -0.161. The lowest BCUT2D eigenvalue weighted by atomic mass is 10.1. The van der Waals surface area contributed by atoms with Crippen molar-refractivity contribution in [3.63, 3.8) is 0 Å². The third-order valence-corrected chi connectivity index (χ3v) is 3.71. The highest BCUT2D eigenvalue weighted by Gasteiger charge is 2.42. The quantitative estimate of drug-likeness (QED) is 0.860. The predicted octanol–water partition coefficient (Wildman–Crippen LogP) is 2.78. The van der Waals surface area contributed by atoms with E-state index < -0.39 is 17.9 Å². The third kappa shape index (κ3) is 2.85. The molecule has 1 N–H and O–H groups in total. The summed E-state index contributed by atoms with van der Waals surface area (Å²) in [4.78, 5) is 10.7. The van der Waals surface area contributed by atoms with E-state index in [1.807, 2.05) is 12.1 Å². The summed E-state index contributed by atoms with van der Waals surface area (Å²) in [6.45, 7) is 0.264. The largest absolute Gasteiger partial charge is 0.481 e. The number of carboxylic acids is 1. The summed E-state index contributed by atoms with van der Waals surface area (Å²) < 4.78 is 11.4. The van der Waals surface area contributed by atoms with E-state index in [2.05, 4.69) is 15.9 Å². The lowest BCUT2D eigenvalue weighted by Crippen LogP contribution is -2.30. The van der Waals surface area contributed by atoms with Gasteiger partial charge < -0.3 is 14.6 Å². The van der Waals surface area contributed by atoms with E-state index in [4.69, 9.17) is 26.2 Å². The number of carbonyl (C=O) groups is 1. The molecule has 4 nitrogen and oxygen atoms in total. The van der Waals surface area contributed by atoms with Crippen LogP contribution < -0.4 is 0 Å². The Kier molecular flexibility index (Phi) is 4.27. The van der Waals surface area contributed by atoms with E-state index in [0.717, 1.165) is 5.56 Å². The maximum absolute atomic E-state index is 10.7. The third-order valence-electron chi connectivity index (χ3n) is 2.72. The first-order valence-corrected chi connectivity index (χ1v) is 6.91. The molecule has 2 atom stereocenters. The molecule has 6 heteroatoms. The van der Waals surface area contributed by atoms with Gasteiger partial charge in [-0.1, -0.05) is 39.7 Å². The molecule has 1 aromatic carbocycles. The molecule has 0 aliphatic carbocycles. The molecule has 0 saturated carbocycles. The maximum Gasteiger partial charge on any atom is 0.306 e. The molecule has 1 saturated heterocycles. The van der Waals surface area contributed by atoms with E-state index >= 15 is 0 Å². The summed E-state index contributed by atoms with van der Waals surface area (Å²) in [7, 11) is 0. The van der Waals surface area contributed by atoms with Crippen LogP contribution in [0.25, 0.3) is 0 Å². The number of halogens is 2. The van der Waals surface area contributed by atoms with Crippen molar-refractivity contribution >= 4 is 33.5 Å². The molecule has 18 heavy (non-hydrogen) atoms. The number of ether oxygens (including phenoxy) is 2. The summed E-state index contributed by atoms with van der Waals surface area (Å²) in [5.74, 6) is -1.82. The van der Waals surface area contributed by atoms with Gasteiger partial charge in [0.05, 0.1) is 24.5 Å². The van der Waals surface area contributed by atoms with Crippen LogP contribution in [0, 0.1) is 0 Å². The van der Waals surface area contributed by atoms with Crippen molar-refractivity contribution in [3.8, 4) is 0 Å². The summed E-state index contributed by atoms with van der Waals surface area (Å²) in [5, 5.41) is 9.82. The molecule has 0 aromatic heterocycles. The van der Waals surface area contributed by atoms with Gasteiger partial charge in [0.1, 0.15) is 0 Å². The number of alkyl halides is 1. The van der Waals surface area contributed by atoms with Crippen LogP contribution in [0.4, 0.5) is 0 Å². The second-order valence-electron chi connectivity index (χ2n) is 4.04. The van der Waals surface area contributed by atoms with Gasteiger partial charge >= 0.3 is 5.97 Å². The monoisotopic (exact) mass is 334 g/mol. The number of benzene rings is 1. The Morgan fingerprint density at radius 1 is 1.50 bits per heavy atom. The van der Waals surface area contributed by atoms with Crippen molar-refractivity contribution in [1.29, 1.82) is 0 Å². The van der Waals surface area contributed by atoms with Gasteiger partial charge in [0, 0.05) is 10.6 Å². The normalized spacial score (nSPS) is 27.3. The van der Waals surface area contributed by atoms with Crippen LogP contribution in [-0.4, -0.2) is 29.1 Å². The Morgan fingerprint density at radius 3 is 2.72 bits per heavy atom. The summed E-state index contributed by atoms with van der Waals surface area (Å²) in [6, 6.07) is 7.12. The SMILES string of the molecule is O=C(O)C[C@H]1CO[C@@](CBr)(c2ccc(Cl)cc2)O1. The van der Waals surface area contributed by atoms with E-state index in [0.29, 0.717) is 10.4 Å². The van der Waals surface area contributed by atoms with E-state index in [9.17, 15) is 4.79 Å². The van der Waals surface area contributed by atoms with Crippen molar-refractivity contribution in [3.05, 3.63) is 34.9 Å². The molecule has 0 spiro atoms. The molecule has 2 rings (SSSR count). The molecule has 0 bridgehead atoms. The van der Waals surface area contributed by atoms with Gasteiger partial charge in [-0.25, -0.2) is 0 Å². The Morgan fingerprint density at radius 2 is 2.17 bits per heavy atom. The van der Waals surface area contributed by atoms with E-state index in [-0.39, 0.29) is 13.0 Å². The average molecular weight is 336 g/mol. The van der Waals surface area contributed by atoms with Crippen LogP contribution in [-0.2, 0) is 20.1 Å². The van der Waals surface area contributed by atoms with Gasteiger partial charge in [-0.2, -0.15) is 0 Å². The van der Waals surface area contributed by atoms with Gasteiger partial charge in [0.25, 0.3) is 0 Å². The molecule has 1 heterocycles. The zero-order valence-electron chi connectivity index (χ0n) is 9.44. The highest BCUT2D eigenvalue weighted by molar-refractivity contribution is 9.09. The molecule has 0 radical (unpaired) electrons. The van der Waals surface area contributed by atoms with Crippen molar-refractivity contribution in [2.75, 3.05) is 11.9 Å². The second kappa shape index (κ2) is 5.57. The Hall–Kier alpha value is -0.620. The van der Waals surface area contributed by atoms with Crippen LogP contribution in [0.1, 0.15) is 12.0 Å². The first-order valence-electron chi connectivity index (χ1n) is 5.41. The predicted molar refractivity (Wildman–Crippen MR) is 70.0 cm³/mol. The van der Waals surface area contributed by atoms with Gasteiger partial charge in [-0.3, -0.25) is 4.79 Å². The van der Waals surface area contributed by atoms with Crippen LogP contribution in [0.15, 0.2) is 24.3 Å². The fraction of sp³-hybridized carbons (Fsp3) is 0.417. The molecule has 98 valence electrons. The van der Waals surface area contributed by atoms with E-state index in [1.54, 1.807) is 12.1 Å². The average Bonchev–Trinajstić information content (AvgIpc) is 2.74.